The van der Waals surface area contributed by atoms with E-state index in [-0.39, 0.29) is 12.0 Å². The summed E-state index contributed by atoms with van der Waals surface area (Å²) in [4.78, 5) is 14.5. The van der Waals surface area contributed by atoms with Crippen LogP contribution in [0.25, 0.3) is 0 Å². The van der Waals surface area contributed by atoms with Crippen molar-refractivity contribution in [3.8, 4) is 5.75 Å². The van der Waals surface area contributed by atoms with Gasteiger partial charge in [-0.25, -0.2) is 0 Å². The molecule has 0 N–H and O–H groups in total. The van der Waals surface area contributed by atoms with E-state index >= 15 is 0 Å². The van der Waals surface area contributed by atoms with Gasteiger partial charge in [-0.2, -0.15) is 0 Å². The fourth-order valence-electron chi connectivity index (χ4n) is 3.02. The van der Waals surface area contributed by atoms with Crippen LogP contribution in [-0.2, 0) is 4.74 Å². The Morgan fingerprint density at radius 3 is 2.50 bits per heavy atom. The summed E-state index contributed by atoms with van der Waals surface area (Å²) >= 11 is 0. The summed E-state index contributed by atoms with van der Waals surface area (Å²) in [7, 11) is 0. The van der Waals surface area contributed by atoms with E-state index in [1.165, 1.54) is 5.56 Å². The zero-order valence-corrected chi connectivity index (χ0v) is 15.8. The first-order chi connectivity index (χ1) is 12.5. The standard InChI is InChI=1S/C22H27NO3/c1-16(2)18-8-10-20(11-9-18)26-15-21-14-23(12-13-25-21)22(24)19-6-4-17(3)5-7-19/h4-11,16,21H,12-15H2,1-3H3. The van der Waals surface area contributed by atoms with Gasteiger partial charge in [-0.05, 0) is 42.7 Å². The topological polar surface area (TPSA) is 38.8 Å². The first-order valence-corrected chi connectivity index (χ1v) is 9.23. The van der Waals surface area contributed by atoms with Gasteiger partial charge in [-0.1, -0.05) is 43.7 Å². The third-order valence-corrected chi connectivity index (χ3v) is 4.71. The van der Waals surface area contributed by atoms with Crippen LogP contribution in [0, 0.1) is 6.92 Å². The highest BCUT2D eigenvalue weighted by atomic mass is 16.5. The number of carbonyl (C=O) groups is 1. The van der Waals surface area contributed by atoms with E-state index in [0.717, 1.165) is 16.9 Å². The molecular formula is C22H27NO3. The molecule has 1 unspecified atom stereocenters. The van der Waals surface area contributed by atoms with Crippen molar-refractivity contribution < 1.29 is 14.3 Å². The Balaban J connectivity index is 1.54. The highest BCUT2D eigenvalue weighted by Gasteiger charge is 2.25. The molecule has 0 aromatic heterocycles. The van der Waals surface area contributed by atoms with Crippen molar-refractivity contribution in [1.29, 1.82) is 0 Å². The highest BCUT2D eigenvalue weighted by Crippen LogP contribution is 2.19. The molecule has 4 nitrogen and oxygen atoms in total. The largest absolute Gasteiger partial charge is 0.491 e. The minimum atomic E-state index is -0.108. The molecule has 26 heavy (non-hydrogen) atoms. The van der Waals surface area contributed by atoms with E-state index in [2.05, 4.69) is 26.0 Å². The number of nitrogens with zero attached hydrogens (tertiary/aromatic N) is 1. The Labute approximate surface area is 155 Å². The number of hydrogen-bond acceptors (Lipinski definition) is 3. The third kappa shape index (κ3) is 4.64. The monoisotopic (exact) mass is 353 g/mol. The van der Waals surface area contributed by atoms with Crippen molar-refractivity contribution in [2.45, 2.75) is 32.8 Å². The molecule has 1 heterocycles. The Bertz CT molecular complexity index is 722. The van der Waals surface area contributed by atoms with Gasteiger partial charge in [-0.15, -0.1) is 0 Å². The zero-order valence-electron chi connectivity index (χ0n) is 15.8. The van der Waals surface area contributed by atoms with Crippen LogP contribution in [0.4, 0.5) is 0 Å². The van der Waals surface area contributed by atoms with Gasteiger partial charge in [0.25, 0.3) is 5.91 Å². The number of rotatable bonds is 5. The molecule has 1 fully saturated rings. The van der Waals surface area contributed by atoms with Crippen molar-refractivity contribution in [2.24, 2.45) is 0 Å². The average molecular weight is 353 g/mol. The fourth-order valence-corrected chi connectivity index (χ4v) is 3.02. The zero-order chi connectivity index (χ0) is 18.5. The number of hydrogen-bond donors (Lipinski definition) is 0. The van der Waals surface area contributed by atoms with Crippen molar-refractivity contribution >= 4 is 5.91 Å². The quantitative estimate of drug-likeness (QED) is 0.814. The second kappa shape index (κ2) is 8.37. The van der Waals surface area contributed by atoms with Crippen LogP contribution in [-0.4, -0.2) is 43.2 Å². The molecule has 0 aliphatic carbocycles. The molecule has 4 heteroatoms. The Kier molecular flexibility index (Phi) is 5.94. The number of benzene rings is 2. The molecular weight excluding hydrogens is 326 g/mol. The lowest BCUT2D eigenvalue weighted by molar-refractivity contribution is -0.0401. The molecule has 2 aromatic rings. The van der Waals surface area contributed by atoms with Gasteiger partial charge in [0.2, 0.25) is 0 Å². The summed E-state index contributed by atoms with van der Waals surface area (Å²) < 4.78 is 11.6. The van der Waals surface area contributed by atoms with Crippen LogP contribution in [0.2, 0.25) is 0 Å². The molecule has 3 rings (SSSR count). The maximum atomic E-state index is 12.7. The fraction of sp³-hybridized carbons (Fsp3) is 0.409. The summed E-state index contributed by atoms with van der Waals surface area (Å²) in [5.74, 6) is 1.40. The van der Waals surface area contributed by atoms with Crippen LogP contribution in [0.5, 0.6) is 5.75 Å². The number of amides is 1. The molecule has 1 saturated heterocycles. The normalized spacial score (nSPS) is 17.4. The smallest absolute Gasteiger partial charge is 0.254 e. The second-order valence-electron chi connectivity index (χ2n) is 7.14. The maximum absolute atomic E-state index is 12.7. The van der Waals surface area contributed by atoms with Gasteiger partial charge < -0.3 is 14.4 Å². The first-order valence-electron chi connectivity index (χ1n) is 9.23. The van der Waals surface area contributed by atoms with Gasteiger partial charge in [0.15, 0.2) is 0 Å². The lowest BCUT2D eigenvalue weighted by atomic mass is 10.0. The third-order valence-electron chi connectivity index (χ3n) is 4.71. The van der Waals surface area contributed by atoms with Gasteiger partial charge in [0, 0.05) is 12.1 Å². The van der Waals surface area contributed by atoms with Gasteiger partial charge in [-0.3, -0.25) is 4.79 Å². The van der Waals surface area contributed by atoms with Crippen LogP contribution in [0.3, 0.4) is 0 Å². The Hall–Kier alpha value is -2.33. The first kappa shape index (κ1) is 18.5. The van der Waals surface area contributed by atoms with E-state index in [1.54, 1.807) is 0 Å². The number of aryl methyl sites for hydroxylation is 1. The molecule has 1 amide bonds. The molecule has 0 spiro atoms. The van der Waals surface area contributed by atoms with E-state index in [4.69, 9.17) is 9.47 Å². The van der Waals surface area contributed by atoms with Crippen molar-refractivity contribution in [2.75, 3.05) is 26.3 Å². The molecule has 2 aromatic carbocycles. The number of carbonyl (C=O) groups excluding carboxylic acids is 1. The van der Waals surface area contributed by atoms with Crippen LogP contribution in [0.1, 0.15) is 41.3 Å². The minimum Gasteiger partial charge on any atom is -0.491 e. The van der Waals surface area contributed by atoms with Crippen molar-refractivity contribution in [1.82, 2.24) is 4.90 Å². The highest BCUT2D eigenvalue weighted by molar-refractivity contribution is 5.94. The number of ether oxygens (including phenoxy) is 2. The van der Waals surface area contributed by atoms with Crippen LogP contribution in [0.15, 0.2) is 48.5 Å². The Morgan fingerprint density at radius 2 is 1.85 bits per heavy atom. The molecule has 0 radical (unpaired) electrons. The average Bonchev–Trinajstić information content (AvgIpc) is 2.67. The molecule has 0 bridgehead atoms. The molecule has 1 aliphatic rings. The Morgan fingerprint density at radius 1 is 1.15 bits per heavy atom. The SMILES string of the molecule is Cc1ccc(C(=O)N2CCOC(COc3ccc(C(C)C)cc3)C2)cc1. The van der Waals surface area contributed by atoms with E-state index in [1.807, 2.05) is 48.2 Å². The van der Waals surface area contributed by atoms with Crippen molar-refractivity contribution in [3.63, 3.8) is 0 Å². The predicted octanol–water partition coefficient (Wildman–Crippen LogP) is 4.04. The summed E-state index contributed by atoms with van der Waals surface area (Å²) in [6, 6.07) is 15.9. The van der Waals surface area contributed by atoms with Gasteiger partial charge >= 0.3 is 0 Å². The summed E-state index contributed by atoms with van der Waals surface area (Å²) in [6.45, 7) is 8.51. The van der Waals surface area contributed by atoms with E-state index < -0.39 is 0 Å². The summed E-state index contributed by atoms with van der Waals surface area (Å²) in [6.07, 6.45) is -0.108. The van der Waals surface area contributed by atoms with Crippen molar-refractivity contribution in [3.05, 3.63) is 65.2 Å². The van der Waals surface area contributed by atoms with E-state index in [9.17, 15) is 4.79 Å². The lowest BCUT2D eigenvalue weighted by Crippen LogP contribution is -2.47. The summed E-state index contributed by atoms with van der Waals surface area (Å²) in [5.41, 5.74) is 3.17. The molecule has 1 atom stereocenters. The van der Waals surface area contributed by atoms with Crippen LogP contribution >= 0.6 is 0 Å². The predicted molar refractivity (Wildman–Crippen MR) is 103 cm³/mol. The van der Waals surface area contributed by atoms with E-state index in [0.29, 0.717) is 32.2 Å². The second-order valence-corrected chi connectivity index (χ2v) is 7.14. The maximum Gasteiger partial charge on any atom is 0.254 e. The van der Waals surface area contributed by atoms with Gasteiger partial charge in [0.05, 0.1) is 13.2 Å². The van der Waals surface area contributed by atoms with Gasteiger partial charge in [0.1, 0.15) is 18.5 Å². The lowest BCUT2D eigenvalue weighted by Gasteiger charge is -2.33. The molecule has 1 aliphatic heterocycles. The minimum absolute atomic E-state index is 0.0552. The van der Waals surface area contributed by atoms with Crippen LogP contribution < -0.4 is 4.74 Å². The number of morpholine rings is 1. The summed E-state index contributed by atoms with van der Waals surface area (Å²) in [5, 5.41) is 0. The molecule has 0 saturated carbocycles. The molecule has 138 valence electrons.